The number of carbonyl (C=O) groups is 2. The molecule has 1 aromatic heterocycles. The summed E-state index contributed by atoms with van der Waals surface area (Å²) in [5.41, 5.74) is 4.36. The van der Waals surface area contributed by atoms with Gasteiger partial charge in [0.05, 0.1) is 30.3 Å². The molecule has 2 amide bonds. The highest BCUT2D eigenvalue weighted by Gasteiger charge is 2.67. The minimum atomic E-state index is -0.130. The molecule has 0 bridgehead atoms. The SMILES string of the molecule is CCCC12CC(NC(=O)c3cccc(OC)c3C)CC1N2c1ccc(C(=O)N[C@@H](C)c2ccc(N3CCN(C)CC3)cc2)cn1.[HH].[HH]. The number of piperidine rings is 1. The van der Waals surface area contributed by atoms with Crippen LogP contribution < -0.4 is 25.2 Å². The van der Waals surface area contributed by atoms with Crippen LogP contribution in [0.5, 0.6) is 5.75 Å². The van der Waals surface area contributed by atoms with Crippen LogP contribution in [0.1, 0.15) is 80.3 Å². The number of methoxy groups -OCH3 is 1. The molecule has 2 aromatic carbocycles. The number of amides is 2. The summed E-state index contributed by atoms with van der Waals surface area (Å²) in [5, 5.41) is 6.42. The second kappa shape index (κ2) is 12.7. The molecule has 0 spiro atoms. The number of piperazine rings is 1. The third kappa shape index (κ3) is 6.10. The third-order valence-corrected chi connectivity index (χ3v) is 10.1. The van der Waals surface area contributed by atoms with Crippen LogP contribution in [0.4, 0.5) is 11.5 Å². The molecule has 3 aromatic rings. The van der Waals surface area contributed by atoms with Crippen LogP contribution in [0.3, 0.4) is 0 Å². The minimum Gasteiger partial charge on any atom is -0.496 e. The Kier molecular flexibility index (Phi) is 8.73. The lowest BCUT2D eigenvalue weighted by Crippen LogP contribution is -2.44. The van der Waals surface area contributed by atoms with Crippen molar-refractivity contribution >= 4 is 23.3 Å². The van der Waals surface area contributed by atoms with E-state index in [1.165, 1.54) is 5.69 Å². The lowest BCUT2D eigenvalue weighted by atomic mass is 9.99. The number of hydrogen-bond acceptors (Lipinski definition) is 7. The summed E-state index contributed by atoms with van der Waals surface area (Å²) in [6.07, 6.45) is 5.54. The lowest BCUT2D eigenvalue weighted by Gasteiger charge is -2.34. The molecule has 4 atom stereocenters. The van der Waals surface area contributed by atoms with E-state index in [1.807, 2.05) is 44.2 Å². The Morgan fingerprint density at radius 1 is 1.07 bits per heavy atom. The van der Waals surface area contributed by atoms with Crippen molar-refractivity contribution in [2.24, 2.45) is 0 Å². The normalized spacial score (nSPS) is 23.3. The lowest BCUT2D eigenvalue weighted by molar-refractivity contribution is 0.0928. The zero-order valence-corrected chi connectivity index (χ0v) is 27.2. The second-order valence-corrected chi connectivity index (χ2v) is 13.0. The summed E-state index contributed by atoms with van der Waals surface area (Å²) in [4.78, 5) is 38.2. The summed E-state index contributed by atoms with van der Waals surface area (Å²) >= 11 is 0. The maximum absolute atomic E-state index is 13.1. The van der Waals surface area contributed by atoms with Crippen LogP contribution in [0, 0.1) is 6.92 Å². The molecule has 242 valence electrons. The molecule has 3 fully saturated rings. The second-order valence-electron chi connectivity index (χ2n) is 13.0. The first-order valence-electron chi connectivity index (χ1n) is 16.3. The quantitative estimate of drug-likeness (QED) is 0.294. The molecule has 45 heavy (non-hydrogen) atoms. The van der Waals surface area contributed by atoms with Crippen LogP contribution in [0.2, 0.25) is 0 Å². The zero-order valence-electron chi connectivity index (χ0n) is 27.2. The van der Waals surface area contributed by atoms with Gasteiger partial charge in [-0.1, -0.05) is 31.5 Å². The van der Waals surface area contributed by atoms with E-state index < -0.39 is 0 Å². The van der Waals surface area contributed by atoms with Gasteiger partial charge in [0.25, 0.3) is 11.8 Å². The molecular formula is C36H50N6O3. The number of pyridine rings is 1. The van der Waals surface area contributed by atoms with E-state index in [4.69, 9.17) is 9.72 Å². The Balaban J connectivity index is 0.00000250. The van der Waals surface area contributed by atoms with Crippen LogP contribution in [0.25, 0.3) is 0 Å². The molecule has 9 nitrogen and oxygen atoms in total. The molecule has 2 N–H and O–H groups in total. The van der Waals surface area contributed by atoms with Gasteiger partial charge in [-0.15, -0.1) is 0 Å². The molecule has 0 radical (unpaired) electrons. The fourth-order valence-electron chi connectivity index (χ4n) is 7.51. The van der Waals surface area contributed by atoms with Crippen molar-refractivity contribution < 1.29 is 17.2 Å². The van der Waals surface area contributed by atoms with Gasteiger partial charge < -0.3 is 30.1 Å². The number of likely N-dealkylation sites (N-methyl/N-ethyl adjacent to an activating group) is 1. The average molecular weight is 615 g/mol. The molecule has 3 unspecified atom stereocenters. The van der Waals surface area contributed by atoms with E-state index >= 15 is 0 Å². The maximum Gasteiger partial charge on any atom is 0.253 e. The number of nitrogens with zero attached hydrogens (tertiary/aromatic N) is 4. The number of hydrogen-bond donors (Lipinski definition) is 2. The summed E-state index contributed by atoms with van der Waals surface area (Å²) in [7, 11) is 3.79. The topological polar surface area (TPSA) is 89.8 Å². The predicted molar refractivity (Wildman–Crippen MR) is 183 cm³/mol. The number of aromatic nitrogens is 1. The number of rotatable bonds is 10. The first-order valence-corrected chi connectivity index (χ1v) is 16.3. The summed E-state index contributed by atoms with van der Waals surface area (Å²) < 4.78 is 5.41. The molecule has 9 heteroatoms. The van der Waals surface area contributed by atoms with Crippen LogP contribution in [0.15, 0.2) is 60.8 Å². The van der Waals surface area contributed by atoms with Gasteiger partial charge in [-0.05, 0) is 82.1 Å². The highest BCUT2D eigenvalue weighted by atomic mass is 16.5. The largest absolute Gasteiger partial charge is 0.496 e. The summed E-state index contributed by atoms with van der Waals surface area (Å²) in [5.74, 6) is 1.43. The third-order valence-electron chi connectivity index (χ3n) is 10.1. The number of ether oxygens (including phenoxy) is 1. The molecule has 2 saturated heterocycles. The Morgan fingerprint density at radius 3 is 2.49 bits per heavy atom. The first-order chi connectivity index (χ1) is 21.7. The Labute approximate surface area is 269 Å². The van der Waals surface area contributed by atoms with Gasteiger partial charge in [0.15, 0.2) is 0 Å². The Morgan fingerprint density at radius 2 is 1.82 bits per heavy atom. The molecule has 1 aliphatic carbocycles. The monoisotopic (exact) mass is 614 g/mol. The highest BCUT2D eigenvalue weighted by molar-refractivity contribution is 5.96. The number of fused-ring (bicyclic) bond motifs is 1. The Hall–Kier alpha value is -4.11. The smallest absolute Gasteiger partial charge is 0.253 e. The van der Waals surface area contributed by atoms with Crippen molar-refractivity contribution in [2.45, 2.75) is 70.1 Å². The first kappa shape index (κ1) is 30.9. The van der Waals surface area contributed by atoms with Gasteiger partial charge in [-0.2, -0.15) is 0 Å². The van der Waals surface area contributed by atoms with Crippen molar-refractivity contribution in [3.05, 3.63) is 83.0 Å². The van der Waals surface area contributed by atoms with Crippen LogP contribution in [-0.4, -0.2) is 79.7 Å². The van der Waals surface area contributed by atoms with Gasteiger partial charge in [0, 0.05) is 58.1 Å². The van der Waals surface area contributed by atoms with Gasteiger partial charge in [0.2, 0.25) is 0 Å². The Bertz CT molecular complexity index is 1530. The van der Waals surface area contributed by atoms with Crippen LogP contribution in [-0.2, 0) is 0 Å². The molecule has 3 heterocycles. The van der Waals surface area contributed by atoms with Crippen molar-refractivity contribution in [2.75, 3.05) is 50.1 Å². The summed E-state index contributed by atoms with van der Waals surface area (Å²) in [6.45, 7) is 10.3. The van der Waals surface area contributed by atoms with Crippen molar-refractivity contribution in [1.29, 1.82) is 0 Å². The highest BCUT2D eigenvalue weighted by Crippen LogP contribution is 2.57. The number of benzene rings is 2. The number of anilines is 2. The molecule has 6 rings (SSSR count). The van der Waals surface area contributed by atoms with Gasteiger partial charge in [0.1, 0.15) is 11.6 Å². The zero-order chi connectivity index (χ0) is 31.7. The van der Waals surface area contributed by atoms with E-state index in [2.05, 4.69) is 63.6 Å². The fourth-order valence-corrected chi connectivity index (χ4v) is 7.51. The predicted octanol–water partition coefficient (Wildman–Crippen LogP) is 5.45. The van der Waals surface area contributed by atoms with Crippen LogP contribution >= 0.6 is 0 Å². The van der Waals surface area contributed by atoms with E-state index in [9.17, 15) is 9.59 Å². The van der Waals surface area contributed by atoms with E-state index in [1.54, 1.807) is 13.3 Å². The number of nitrogens with one attached hydrogen (secondary N) is 2. The molecule has 2 aliphatic heterocycles. The summed E-state index contributed by atoms with van der Waals surface area (Å²) in [6, 6.07) is 18.3. The fraction of sp³-hybridized carbons (Fsp3) is 0.472. The average Bonchev–Trinajstić information content (AvgIpc) is 3.49. The van der Waals surface area contributed by atoms with Gasteiger partial charge >= 0.3 is 0 Å². The molecule has 3 aliphatic rings. The minimum absolute atomic E-state index is 0. The molecular weight excluding hydrogens is 564 g/mol. The van der Waals surface area contributed by atoms with Gasteiger partial charge in [-0.3, -0.25) is 9.59 Å². The van der Waals surface area contributed by atoms with Gasteiger partial charge in [-0.25, -0.2) is 4.98 Å². The van der Waals surface area contributed by atoms with E-state index in [0.717, 1.165) is 74.6 Å². The molecule has 1 saturated carbocycles. The van der Waals surface area contributed by atoms with E-state index in [0.29, 0.717) is 17.2 Å². The standard InChI is InChI=1S/C36H46N6O3.2H2/c1-6-16-36-22-28(39-35(44)30-8-7-9-31(45-5)24(30)2)21-32(36)42(36)33-15-12-27(23-37-33)34(43)38-25(3)26-10-13-29(14-11-26)41-19-17-40(4)18-20-41;;/h7-15,23,25,28,32H,6,16-22H2,1-5H3,(H,38,43)(H,39,44);2*1H/t25-,28?,32?,36?,42?;;/m0../s1. The van der Waals surface area contributed by atoms with Crippen molar-refractivity contribution in [3.8, 4) is 5.75 Å². The van der Waals surface area contributed by atoms with E-state index in [-0.39, 0.29) is 32.3 Å². The van der Waals surface area contributed by atoms with Crippen molar-refractivity contribution in [3.63, 3.8) is 0 Å². The van der Waals surface area contributed by atoms with Crippen molar-refractivity contribution in [1.82, 2.24) is 20.5 Å². The number of carbonyl (C=O) groups excluding carboxylic acids is 2. The maximum atomic E-state index is 13.1.